The molecule has 12 rings (SSSR count). The number of thiophene rings is 1. The van der Waals surface area contributed by atoms with E-state index in [1.165, 1.54) is 52.8 Å². The monoisotopic (exact) mass is 733 g/mol. The number of rotatable bonds is 5. The molecule has 0 aliphatic rings. The van der Waals surface area contributed by atoms with Crippen LogP contribution in [0.3, 0.4) is 0 Å². The van der Waals surface area contributed by atoms with Gasteiger partial charge in [0.2, 0.25) is 0 Å². The molecule has 8 aromatic carbocycles. The number of hydrogen-bond donors (Lipinski definition) is 0. The topological polar surface area (TPSA) is 40.6 Å². The number of aromatic nitrogens is 5. The molecule has 56 heavy (non-hydrogen) atoms. The molecule has 0 radical (unpaired) electrons. The second-order valence-corrected chi connectivity index (χ2v) is 15.3. The van der Waals surface area contributed by atoms with Crippen LogP contribution in [0.2, 0.25) is 0 Å². The van der Waals surface area contributed by atoms with Crippen molar-refractivity contribution >= 4 is 75.1 Å². The van der Waals surface area contributed by atoms with Gasteiger partial charge in [-0.05, 0) is 54.6 Å². The van der Waals surface area contributed by atoms with Gasteiger partial charge in [0, 0.05) is 64.2 Å². The van der Waals surface area contributed by atoms with Gasteiger partial charge in [0.1, 0.15) is 11.4 Å². The molecule has 262 valence electrons. The summed E-state index contributed by atoms with van der Waals surface area (Å²) in [7, 11) is 0. The smallest absolute Gasteiger partial charge is 0.121 e. The van der Waals surface area contributed by atoms with Crippen molar-refractivity contribution in [2.24, 2.45) is 0 Å². The SMILES string of the molecule is c1ccc(-c2nnn(-c3ccccc3)c2-c2cccc3c4ccccc4n(-c4cccc(-n5c6ccccc6c6c7sc8ccccc8c7ccc65)c4)c23)cc1. The Labute approximate surface area is 325 Å². The van der Waals surface area contributed by atoms with Crippen LogP contribution in [0.5, 0.6) is 0 Å². The first-order valence-electron chi connectivity index (χ1n) is 18.9. The Morgan fingerprint density at radius 2 is 1.05 bits per heavy atom. The Morgan fingerprint density at radius 3 is 1.88 bits per heavy atom. The van der Waals surface area contributed by atoms with E-state index in [0.29, 0.717) is 0 Å². The second kappa shape index (κ2) is 12.1. The van der Waals surface area contributed by atoms with E-state index in [1.54, 1.807) is 0 Å². The van der Waals surface area contributed by atoms with Gasteiger partial charge in [-0.3, -0.25) is 0 Å². The summed E-state index contributed by atoms with van der Waals surface area (Å²) < 4.78 is 9.50. The van der Waals surface area contributed by atoms with Gasteiger partial charge in [0.05, 0.1) is 27.8 Å². The highest BCUT2D eigenvalue weighted by molar-refractivity contribution is 7.26. The van der Waals surface area contributed by atoms with Crippen molar-refractivity contribution in [1.82, 2.24) is 24.1 Å². The average Bonchev–Trinajstić information content (AvgIpc) is 4.04. The largest absolute Gasteiger partial charge is 0.309 e. The minimum absolute atomic E-state index is 0.838. The third kappa shape index (κ3) is 4.48. The molecule has 12 aromatic rings. The predicted molar refractivity (Wildman–Crippen MR) is 234 cm³/mol. The molecule has 0 spiro atoms. The zero-order valence-electron chi connectivity index (χ0n) is 30.0. The number of fused-ring (bicyclic) bond motifs is 10. The molecule has 0 unspecified atom stereocenters. The van der Waals surface area contributed by atoms with Crippen molar-refractivity contribution in [3.8, 4) is 39.6 Å². The fourth-order valence-electron chi connectivity index (χ4n) is 8.83. The van der Waals surface area contributed by atoms with Crippen LogP contribution in [-0.2, 0) is 0 Å². The van der Waals surface area contributed by atoms with E-state index in [2.05, 4.69) is 173 Å². The normalized spacial score (nSPS) is 11.9. The van der Waals surface area contributed by atoms with Crippen LogP contribution < -0.4 is 0 Å². The van der Waals surface area contributed by atoms with E-state index >= 15 is 0 Å². The number of nitrogens with zero attached hydrogens (tertiary/aromatic N) is 5. The fourth-order valence-corrected chi connectivity index (χ4v) is 10.1. The molecule has 4 aromatic heterocycles. The van der Waals surface area contributed by atoms with Crippen molar-refractivity contribution in [2.75, 3.05) is 0 Å². The third-order valence-electron chi connectivity index (χ3n) is 11.2. The van der Waals surface area contributed by atoms with Gasteiger partial charge in [-0.1, -0.05) is 139 Å². The van der Waals surface area contributed by atoms with Gasteiger partial charge >= 0.3 is 0 Å². The van der Waals surface area contributed by atoms with Gasteiger partial charge in [0.15, 0.2) is 0 Å². The molecule has 5 nitrogen and oxygen atoms in total. The van der Waals surface area contributed by atoms with Crippen molar-refractivity contribution in [3.05, 3.63) is 188 Å². The minimum atomic E-state index is 0.838. The molecular formula is C50H31N5S. The minimum Gasteiger partial charge on any atom is -0.309 e. The number of para-hydroxylation sites is 4. The summed E-state index contributed by atoms with van der Waals surface area (Å²) in [5.41, 5.74) is 11.7. The first-order chi connectivity index (χ1) is 27.8. The standard InChI is InChI=1S/C50H31N5S/c1-3-15-32(16-4-1)47-49(55(52-51-47)33-17-5-2-6-18-33)41-25-14-24-38-36-21-7-10-26-42(36)54(48(38)41)35-20-13-19-34(31-35)53-43-27-11-8-23-40(43)46-44(53)30-29-39-37-22-9-12-28-45(37)56-50(39)46/h1-31H. The first-order valence-corrected chi connectivity index (χ1v) is 19.7. The van der Waals surface area contributed by atoms with Gasteiger partial charge < -0.3 is 9.13 Å². The van der Waals surface area contributed by atoms with E-state index in [1.807, 2.05) is 40.3 Å². The number of benzene rings is 8. The van der Waals surface area contributed by atoms with Crippen molar-refractivity contribution < 1.29 is 0 Å². The lowest BCUT2D eigenvalue weighted by Crippen LogP contribution is -2.02. The summed E-state index contributed by atoms with van der Waals surface area (Å²) in [6, 6.07) is 67.3. The van der Waals surface area contributed by atoms with E-state index in [9.17, 15) is 0 Å². The van der Waals surface area contributed by atoms with E-state index in [0.717, 1.165) is 50.6 Å². The summed E-state index contributed by atoms with van der Waals surface area (Å²) >= 11 is 1.89. The van der Waals surface area contributed by atoms with Crippen LogP contribution >= 0.6 is 11.3 Å². The molecule has 0 bridgehead atoms. The van der Waals surface area contributed by atoms with Gasteiger partial charge in [-0.2, -0.15) is 0 Å². The summed E-state index contributed by atoms with van der Waals surface area (Å²) in [6.07, 6.45) is 0. The Bertz CT molecular complexity index is 3420. The van der Waals surface area contributed by atoms with E-state index in [4.69, 9.17) is 10.3 Å². The average molecular weight is 734 g/mol. The lowest BCUT2D eigenvalue weighted by atomic mass is 10.0. The van der Waals surface area contributed by atoms with Crippen LogP contribution in [0, 0.1) is 0 Å². The third-order valence-corrected chi connectivity index (χ3v) is 12.4. The molecule has 0 saturated heterocycles. The van der Waals surface area contributed by atoms with Crippen LogP contribution in [0.25, 0.3) is 103 Å². The lowest BCUT2D eigenvalue weighted by molar-refractivity contribution is 0.809. The Kier molecular flexibility index (Phi) is 6.73. The summed E-state index contributed by atoms with van der Waals surface area (Å²) in [6.45, 7) is 0. The van der Waals surface area contributed by atoms with Gasteiger partial charge in [-0.15, -0.1) is 16.4 Å². The van der Waals surface area contributed by atoms with Gasteiger partial charge in [-0.25, -0.2) is 4.68 Å². The van der Waals surface area contributed by atoms with Crippen LogP contribution in [-0.4, -0.2) is 24.1 Å². The van der Waals surface area contributed by atoms with Crippen LogP contribution in [0.1, 0.15) is 0 Å². The highest BCUT2D eigenvalue weighted by atomic mass is 32.1. The molecule has 0 N–H and O–H groups in total. The summed E-state index contributed by atoms with van der Waals surface area (Å²) in [5.74, 6) is 0. The highest BCUT2D eigenvalue weighted by Gasteiger charge is 2.24. The molecule has 0 fully saturated rings. The summed E-state index contributed by atoms with van der Waals surface area (Å²) in [4.78, 5) is 0. The molecule has 0 atom stereocenters. The zero-order valence-corrected chi connectivity index (χ0v) is 30.9. The predicted octanol–water partition coefficient (Wildman–Crippen LogP) is 13.2. The van der Waals surface area contributed by atoms with E-state index < -0.39 is 0 Å². The maximum atomic E-state index is 4.84. The molecule has 0 saturated carbocycles. The highest BCUT2D eigenvalue weighted by Crippen LogP contribution is 2.45. The van der Waals surface area contributed by atoms with Crippen LogP contribution in [0.4, 0.5) is 0 Å². The quantitative estimate of drug-likeness (QED) is 0.177. The molecule has 0 aliphatic heterocycles. The maximum absolute atomic E-state index is 4.84. The Hall–Kier alpha value is -7.28. The molecular weight excluding hydrogens is 703 g/mol. The van der Waals surface area contributed by atoms with Crippen molar-refractivity contribution in [1.29, 1.82) is 0 Å². The summed E-state index contributed by atoms with van der Waals surface area (Å²) in [5, 5.41) is 17.2. The van der Waals surface area contributed by atoms with Crippen molar-refractivity contribution in [2.45, 2.75) is 0 Å². The maximum Gasteiger partial charge on any atom is 0.121 e. The molecule has 4 heterocycles. The van der Waals surface area contributed by atoms with E-state index in [-0.39, 0.29) is 0 Å². The molecule has 0 amide bonds. The Balaban J connectivity index is 1.15. The Morgan fingerprint density at radius 1 is 0.429 bits per heavy atom. The van der Waals surface area contributed by atoms with Crippen LogP contribution in [0.15, 0.2) is 188 Å². The van der Waals surface area contributed by atoms with Crippen molar-refractivity contribution in [3.63, 3.8) is 0 Å². The zero-order chi connectivity index (χ0) is 36.7. The lowest BCUT2D eigenvalue weighted by Gasteiger charge is -2.15. The van der Waals surface area contributed by atoms with Gasteiger partial charge in [0.25, 0.3) is 0 Å². The molecule has 0 aliphatic carbocycles. The fraction of sp³-hybridized carbons (Fsp3) is 0. The first kappa shape index (κ1) is 31.1. The molecule has 6 heteroatoms. The number of hydrogen-bond acceptors (Lipinski definition) is 3. The second-order valence-electron chi connectivity index (χ2n) is 14.3.